The van der Waals surface area contributed by atoms with Gasteiger partial charge in [-0.05, 0) is 44.9 Å². The van der Waals surface area contributed by atoms with Crippen molar-refractivity contribution in [2.75, 3.05) is 13.2 Å². The van der Waals surface area contributed by atoms with Crippen LogP contribution in [0.5, 0.6) is 0 Å². The second-order valence-electron chi connectivity index (χ2n) is 5.00. The molecule has 1 N–H and O–H groups in total. The Balaban J connectivity index is 2.22. The summed E-state index contributed by atoms with van der Waals surface area (Å²) in [7, 11) is 0. The van der Waals surface area contributed by atoms with E-state index in [1.54, 1.807) is 6.07 Å². The van der Waals surface area contributed by atoms with E-state index in [0.717, 1.165) is 32.1 Å². The topological polar surface area (TPSA) is 21.3 Å². The third-order valence-electron chi connectivity index (χ3n) is 2.78. The lowest BCUT2D eigenvalue weighted by atomic mass is 10.1. The van der Waals surface area contributed by atoms with Gasteiger partial charge < -0.3 is 10.1 Å². The zero-order chi connectivity index (χ0) is 15.0. The van der Waals surface area contributed by atoms with Crippen LogP contribution in [0.15, 0.2) is 24.3 Å². The predicted octanol–water partition coefficient (Wildman–Crippen LogP) is 4.00. The Morgan fingerprint density at radius 2 is 1.95 bits per heavy atom. The fourth-order valence-corrected chi connectivity index (χ4v) is 1.76. The van der Waals surface area contributed by atoms with Crippen LogP contribution in [0.1, 0.15) is 37.8 Å². The van der Waals surface area contributed by atoms with Crippen LogP contribution in [0.3, 0.4) is 0 Å². The third kappa shape index (κ3) is 6.91. The van der Waals surface area contributed by atoms with Crippen LogP contribution in [0.25, 0.3) is 0 Å². The fourth-order valence-electron chi connectivity index (χ4n) is 1.76. The molecule has 0 aliphatic heterocycles. The number of ether oxygens (including phenoxy) is 1. The lowest BCUT2D eigenvalue weighted by Crippen LogP contribution is -2.16. The number of unbranched alkanes of at least 4 members (excludes halogenated alkanes) is 1. The minimum Gasteiger partial charge on any atom is -0.379 e. The molecular formula is C15H22F3NO. The van der Waals surface area contributed by atoms with Crippen molar-refractivity contribution < 1.29 is 17.9 Å². The van der Waals surface area contributed by atoms with E-state index < -0.39 is 11.7 Å². The van der Waals surface area contributed by atoms with E-state index in [9.17, 15) is 13.2 Å². The van der Waals surface area contributed by atoms with Crippen LogP contribution in [-0.4, -0.2) is 19.3 Å². The van der Waals surface area contributed by atoms with E-state index in [1.165, 1.54) is 12.1 Å². The molecule has 0 bridgehead atoms. The maximum atomic E-state index is 12.5. The van der Waals surface area contributed by atoms with Crippen molar-refractivity contribution in [2.24, 2.45) is 0 Å². The lowest BCUT2D eigenvalue weighted by molar-refractivity contribution is -0.137. The van der Waals surface area contributed by atoms with Gasteiger partial charge in [-0.2, -0.15) is 13.2 Å². The van der Waals surface area contributed by atoms with Crippen LogP contribution >= 0.6 is 0 Å². The standard InChI is InChI=1S/C15H22F3NO/c1-12(2)20-9-4-3-8-19-11-13-6-5-7-14(10-13)15(16,17)18/h5-7,10,12,19H,3-4,8-9,11H2,1-2H3. The first kappa shape index (κ1) is 17.0. The highest BCUT2D eigenvalue weighted by molar-refractivity contribution is 5.25. The predicted molar refractivity (Wildman–Crippen MR) is 73.5 cm³/mol. The summed E-state index contributed by atoms with van der Waals surface area (Å²) in [5.41, 5.74) is 0.0559. The summed E-state index contributed by atoms with van der Waals surface area (Å²) < 4.78 is 43.0. The number of benzene rings is 1. The summed E-state index contributed by atoms with van der Waals surface area (Å²) in [4.78, 5) is 0. The largest absolute Gasteiger partial charge is 0.416 e. The normalized spacial score (nSPS) is 12.1. The second-order valence-corrected chi connectivity index (χ2v) is 5.00. The van der Waals surface area contributed by atoms with Crippen LogP contribution in [-0.2, 0) is 17.5 Å². The van der Waals surface area contributed by atoms with Gasteiger partial charge in [-0.1, -0.05) is 18.2 Å². The summed E-state index contributed by atoms with van der Waals surface area (Å²) in [6, 6.07) is 5.42. The van der Waals surface area contributed by atoms with Crippen molar-refractivity contribution in [1.29, 1.82) is 0 Å². The SMILES string of the molecule is CC(C)OCCCCNCc1cccc(C(F)(F)F)c1. The zero-order valence-corrected chi connectivity index (χ0v) is 12.0. The van der Waals surface area contributed by atoms with Gasteiger partial charge in [-0.25, -0.2) is 0 Å². The lowest BCUT2D eigenvalue weighted by Gasteiger charge is -2.10. The molecule has 0 heterocycles. The summed E-state index contributed by atoms with van der Waals surface area (Å²) in [6.45, 7) is 5.94. The number of halogens is 3. The van der Waals surface area contributed by atoms with Crippen LogP contribution in [0.4, 0.5) is 13.2 Å². The molecule has 0 aliphatic rings. The molecule has 0 amide bonds. The molecule has 0 aromatic heterocycles. The van der Waals surface area contributed by atoms with Gasteiger partial charge >= 0.3 is 6.18 Å². The van der Waals surface area contributed by atoms with Gasteiger partial charge in [0.05, 0.1) is 11.7 Å². The molecule has 1 rings (SSSR count). The van der Waals surface area contributed by atoms with Crippen molar-refractivity contribution >= 4 is 0 Å². The Hall–Kier alpha value is -1.07. The van der Waals surface area contributed by atoms with Gasteiger partial charge in [-0.15, -0.1) is 0 Å². The average Bonchev–Trinajstić information content (AvgIpc) is 2.36. The van der Waals surface area contributed by atoms with Crippen LogP contribution < -0.4 is 5.32 Å². The monoisotopic (exact) mass is 289 g/mol. The molecule has 1 aromatic rings. The molecule has 20 heavy (non-hydrogen) atoms. The molecule has 0 unspecified atom stereocenters. The van der Waals surface area contributed by atoms with Gasteiger partial charge in [0.25, 0.3) is 0 Å². The average molecular weight is 289 g/mol. The third-order valence-corrected chi connectivity index (χ3v) is 2.78. The van der Waals surface area contributed by atoms with Crippen molar-refractivity contribution in [3.63, 3.8) is 0 Å². The molecule has 0 saturated carbocycles. The Bertz CT molecular complexity index is 391. The molecule has 0 aliphatic carbocycles. The number of alkyl halides is 3. The summed E-state index contributed by atoms with van der Waals surface area (Å²) in [5, 5.41) is 3.15. The smallest absolute Gasteiger partial charge is 0.379 e. The Labute approximate surface area is 118 Å². The van der Waals surface area contributed by atoms with Crippen molar-refractivity contribution in [3.8, 4) is 0 Å². The fraction of sp³-hybridized carbons (Fsp3) is 0.600. The summed E-state index contributed by atoms with van der Waals surface area (Å²) >= 11 is 0. The van der Waals surface area contributed by atoms with Gasteiger partial charge in [-0.3, -0.25) is 0 Å². The quantitative estimate of drug-likeness (QED) is 0.730. The zero-order valence-electron chi connectivity index (χ0n) is 12.0. The Morgan fingerprint density at radius 1 is 1.20 bits per heavy atom. The molecule has 114 valence electrons. The highest BCUT2D eigenvalue weighted by Crippen LogP contribution is 2.29. The van der Waals surface area contributed by atoms with Gasteiger partial charge in [0.15, 0.2) is 0 Å². The molecule has 0 fully saturated rings. The highest BCUT2D eigenvalue weighted by atomic mass is 19.4. The van der Waals surface area contributed by atoms with Gasteiger partial charge in [0, 0.05) is 13.2 Å². The van der Waals surface area contributed by atoms with E-state index in [-0.39, 0.29) is 6.10 Å². The number of hydrogen-bond donors (Lipinski definition) is 1. The second kappa shape index (κ2) is 8.27. The molecule has 0 saturated heterocycles. The van der Waals surface area contributed by atoms with Crippen molar-refractivity contribution in [2.45, 2.75) is 45.5 Å². The Kier molecular flexibility index (Phi) is 7.02. The van der Waals surface area contributed by atoms with E-state index in [1.807, 2.05) is 13.8 Å². The van der Waals surface area contributed by atoms with Gasteiger partial charge in [0.2, 0.25) is 0 Å². The highest BCUT2D eigenvalue weighted by Gasteiger charge is 2.30. The summed E-state index contributed by atoms with van der Waals surface area (Å²) in [5.74, 6) is 0. The number of rotatable bonds is 8. The van der Waals surface area contributed by atoms with Crippen LogP contribution in [0, 0.1) is 0 Å². The molecule has 0 radical (unpaired) electrons. The molecule has 2 nitrogen and oxygen atoms in total. The first-order chi connectivity index (χ1) is 9.39. The van der Waals surface area contributed by atoms with Crippen molar-refractivity contribution in [3.05, 3.63) is 35.4 Å². The number of hydrogen-bond acceptors (Lipinski definition) is 2. The molecular weight excluding hydrogens is 267 g/mol. The molecule has 5 heteroatoms. The molecule has 0 atom stereocenters. The minimum absolute atomic E-state index is 0.244. The van der Waals surface area contributed by atoms with Gasteiger partial charge in [0.1, 0.15) is 0 Å². The molecule has 0 spiro atoms. The number of nitrogens with one attached hydrogen (secondary N) is 1. The Morgan fingerprint density at radius 3 is 2.60 bits per heavy atom. The van der Waals surface area contributed by atoms with Crippen molar-refractivity contribution in [1.82, 2.24) is 5.32 Å². The first-order valence-corrected chi connectivity index (χ1v) is 6.88. The van der Waals surface area contributed by atoms with E-state index in [2.05, 4.69) is 5.32 Å². The van der Waals surface area contributed by atoms with E-state index >= 15 is 0 Å². The van der Waals surface area contributed by atoms with Crippen LogP contribution in [0.2, 0.25) is 0 Å². The van der Waals surface area contributed by atoms with E-state index in [4.69, 9.17) is 4.74 Å². The minimum atomic E-state index is -4.27. The maximum absolute atomic E-state index is 12.5. The summed E-state index contributed by atoms with van der Waals surface area (Å²) in [6.07, 6.45) is -2.13. The maximum Gasteiger partial charge on any atom is 0.416 e. The molecule has 1 aromatic carbocycles. The first-order valence-electron chi connectivity index (χ1n) is 6.88. The van der Waals surface area contributed by atoms with E-state index in [0.29, 0.717) is 12.1 Å².